The highest BCUT2D eigenvalue weighted by atomic mass is 35.5. The third-order valence-corrected chi connectivity index (χ3v) is 4.72. The summed E-state index contributed by atoms with van der Waals surface area (Å²) in [6.07, 6.45) is 4.07. The summed E-state index contributed by atoms with van der Waals surface area (Å²) in [5.74, 6) is 2.62. The molecule has 1 aliphatic heterocycles. The maximum atomic E-state index is 5.65. The lowest BCUT2D eigenvalue weighted by Gasteiger charge is -2.35. The Morgan fingerprint density at radius 3 is 2.46 bits per heavy atom. The Balaban J connectivity index is 0.00000144. The van der Waals surface area contributed by atoms with Gasteiger partial charge in [-0.3, -0.25) is 4.90 Å². The number of nitrogens with zero attached hydrogens (tertiary/aromatic N) is 1. The second-order valence-corrected chi connectivity index (χ2v) is 6.32. The summed E-state index contributed by atoms with van der Waals surface area (Å²) in [7, 11) is 1.72. The first-order chi connectivity index (χ1) is 10.8. The molecular formula is C18H30Cl2N2O2. The molecule has 1 aromatic rings. The minimum Gasteiger partial charge on any atom is -0.493 e. The largest absolute Gasteiger partial charge is 0.493 e. The zero-order valence-electron chi connectivity index (χ0n) is 14.6. The summed E-state index contributed by atoms with van der Waals surface area (Å²) in [5, 5.41) is 3.45. The lowest BCUT2D eigenvalue weighted by molar-refractivity contribution is 0.160. The summed E-state index contributed by atoms with van der Waals surface area (Å²) in [5.41, 5.74) is 1.37. The Kier molecular flexibility index (Phi) is 9.21. The van der Waals surface area contributed by atoms with E-state index >= 15 is 0 Å². The van der Waals surface area contributed by atoms with Gasteiger partial charge in [0.25, 0.3) is 0 Å². The maximum Gasteiger partial charge on any atom is 0.161 e. The van der Waals surface area contributed by atoms with E-state index in [0.29, 0.717) is 12.6 Å². The van der Waals surface area contributed by atoms with Crippen LogP contribution in [0.4, 0.5) is 0 Å². The first kappa shape index (κ1) is 21.4. The van der Waals surface area contributed by atoms with Gasteiger partial charge in [-0.25, -0.2) is 0 Å². The Hall–Kier alpha value is -0.680. The van der Waals surface area contributed by atoms with Crippen LogP contribution < -0.4 is 14.8 Å². The summed E-state index contributed by atoms with van der Waals surface area (Å²) >= 11 is 0. The average Bonchev–Trinajstić information content (AvgIpc) is 3.38. The van der Waals surface area contributed by atoms with Gasteiger partial charge in [-0.1, -0.05) is 18.9 Å². The second-order valence-electron chi connectivity index (χ2n) is 6.32. The van der Waals surface area contributed by atoms with E-state index in [-0.39, 0.29) is 24.8 Å². The first-order valence-electron chi connectivity index (χ1n) is 8.57. The molecule has 24 heavy (non-hydrogen) atoms. The van der Waals surface area contributed by atoms with E-state index in [0.717, 1.165) is 43.6 Å². The Morgan fingerprint density at radius 2 is 1.88 bits per heavy atom. The number of methoxy groups -OCH3 is 1. The number of rotatable bonds is 7. The molecular weight excluding hydrogens is 347 g/mol. The fraction of sp³-hybridized carbons (Fsp3) is 0.667. The quantitative estimate of drug-likeness (QED) is 0.786. The van der Waals surface area contributed by atoms with Crippen LogP contribution in [0.1, 0.15) is 37.8 Å². The molecule has 1 saturated heterocycles. The molecule has 1 saturated carbocycles. The van der Waals surface area contributed by atoms with Crippen LogP contribution in [0.25, 0.3) is 0 Å². The van der Waals surface area contributed by atoms with Gasteiger partial charge in [0.2, 0.25) is 0 Å². The molecule has 0 aromatic heterocycles. The molecule has 0 spiro atoms. The molecule has 4 nitrogen and oxygen atoms in total. The monoisotopic (exact) mass is 376 g/mol. The van der Waals surface area contributed by atoms with Gasteiger partial charge in [-0.2, -0.15) is 0 Å². The second kappa shape index (κ2) is 10.3. The van der Waals surface area contributed by atoms with Crippen molar-refractivity contribution in [2.24, 2.45) is 5.92 Å². The molecule has 138 valence electrons. The van der Waals surface area contributed by atoms with Gasteiger partial charge >= 0.3 is 0 Å². The van der Waals surface area contributed by atoms with E-state index in [1.807, 2.05) is 6.92 Å². The lowest BCUT2D eigenvalue weighted by Crippen LogP contribution is -2.45. The highest BCUT2D eigenvalue weighted by Gasteiger charge is 2.30. The smallest absolute Gasteiger partial charge is 0.161 e. The number of piperazine rings is 1. The zero-order chi connectivity index (χ0) is 15.4. The number of benzene rings is 1. The van der Waals surface area contributed by atoms with Gasteiger partial charge in [0, 0.05) is 32.2 Å². The van der Waals surface area contributed by atoms with Crippen molar-refractivity contribution in [1.82, 2.24) is 10.2 Å². The molecule has 6 heteroatoms. The third-order valence-electron chi connectivity index (χ3n) is 4.72. The van der Waals surface area contributed by atoms with Crippen LogP contribution in [-0.2, 0) is 0 Å². The van der Waals surface area contributed by atoms with Crippen molar-refractivity contribution in [3.05, 3.63) is 23.8 Å². The topological polar surface area (TPSA) is 33.7 Å². The van der Waals surface area contributed by atoms with E-state index in [2.05, 4.69) is 28.4 Å². The van der Waals surface area contributed by atoms with Gasteiger partial charge in [0.05, 0.1) is 13.7 Å². The van der Waals surface area contributed by atoms with Crippen LogP contribution in [0.2, 0.25) is 0 Å². The molecule has 3 rings (SSSR count). The number of nitrogens with one attached hydrogen (secondary N) is 1. The van der Waals surface area contributed by atoms with Crippen molar-refractivity contribution in [2.45, 2.75) is 32.2 Å². The number of hydrogen-bond donors (Lipinski definition) is 1. The SMILES string of the molecule is CCOc1ccc([C@H](CC2CC2)N2CCNCC2)cc1OC.Cl.Cl. The minimum absolute atomic E-state index is 0. The Bertz CT molecular complexity index is 492. The Labute approximate surface area is 158 Å². The van der Waals surface area contributed by atoms with Gasteiger partial charge in [0.1, 0.15) is 0 Å². The zero-order valence-corrected chi connectivity index (χ0v) is 16.3. The third kappa shape index (κ3) is 5.41. The highest BCUT2D eigenvalue weighted by molar-refractivity contribution is 5.85. The van der Waals surface area contributed by atoms with Crippen LogP contribution >= 0.6 is 24.8 Å². The molecule has 1 aromatic carbocycles. The van der Waals surface area contributed by atoms with Gasteiger partial charge in [-0.05, 0) is 37.0 Å². The maximum absolute atomic E-state index is 5.65. The normalized spacial score (nSPS) is 18.9. The van der Waals surface area contributed by atoms with Crippen molar-refractivity contribution in [3.8, 4) is 11.5 Å². The van der Waals surface area contributed by atoms with Crippen LogP contribution in [0.5, 0.6) is 11.5 Å². The molecule has 1 aliphatic carbocycles. The summed E-state index contributed by atoms with van der Waals surface area (Å²) in [6.45, 7) is 7.12. The summed E-state index contributed by atoms with van der Waals surface area (Å²) in [6, 6.07) is 6.99. The number of hydrogen-bond acceptors (Lipinski definition) is 4. The summed E-state index contributed by atoms with van der Waals surface area (Å²) < 4.78 is 11.2. The predicted molar refractivity (Wildman–Crippen MR) is 103 cm³/mol. The van der Waals surface area contributed by atoms with Gasteiger partial charge in [-0.15, -0.1) is 24.8 Å². The van der Waals surface area contributed by atoms with E-state index in [9.17, 15) is 0 Å². The minimum atomic E-state index is 0. The van der Waals surface area contributed by atoms with Crippen LogP contribution in [0, 0.1) is 5.92 Å². The van der Waals surface area contributed by atoms with Crippen LogP contribution in [0.15, 0.2) is 18.2 Å². The molecule has 0 unspecified atom stereocenters. The van der Waals surface area contributed by atoms with Crippen molar-refractivity contribution < 1.29 is 9.47 Å². The standard InChI is InChI=1S/C18H28N2O2.2ClH/c1-3-22-17-7-6-15(13-18(17)21-2)16(12-14-4-5-14)20-10-8-19-9-11-20;;/h6-7,13-14,16,19H,3-5,8-12H2,1-2H3;2*1H/t16-;;/m0../s1. The average molecular weight is 377 g/mol. The van der Waals surface area contributed by atoms with E-state index in [1.54, 1.807) is 7.11 Å². The Morgan fingerprint density at radius 1 is 1.17 bits per heavy atom. The number of halogens is 2. The molecule has 0 bridgehead atoms. The van der Waals surface area contributed by atoms with Gasteiger partial charge in [0.15, 0.2) is 11.5 Å². The van der Waals surface area contributed by atoms with Crippen molar-refractivity contribution in [3.63, 3.8) is 0 Å². The van der Waals surface area contributed by atoms with E-state index in [1.165, 1.54) is 24.8 Å². The molecule has 1 heterocycles. The van der Waals surface area contributed by atoms with Crippen molar-refractivity contribution in [1.29, 1.82) is 0 Å². The van der Waals surface area contributed by atoms with Gasteiger partial charge < -0.3 is 14.8 Å². The molecule has 1 atom stereocenters. The molecule has 0 amide bonds. The first-order valence-corrected chi connectivity index (χ1v) is 8.57. The fourth-order valence-corrected chi connectivity index (χ4v) is 3.33. The highest BCUT2D eigenvalue weighted by Crippen LogP contribution is 2.41. The van der Waals surface area contributed by atoms with Crippen molar-refractivity contribution >= 4 is 24.8 Å². The molecule has 2 aliphatic rings. The van der Waals surface area contributed by atoms with Crippen LogP contribution in [-0.4, -0.2) is 44.8 Å². The van der Waals surface area contributed by atoms with E-state index in [4.69, 9.17) is 9.47 Å². The van der Waals surface area contributed by atoms with E-state index < -0.39 is 0 Å². The fourth-order valence-electron chi connectivity index (χ4n) is 3.33. The number of ether oxygens (including phenoxy) is 2. The van der Waals surface area contributed by atoms with Crippen molar-refractivity contribution in [2.75, 3.05) is 39.9 Å². The predicted octanol–water partition coefficient (Wildman–Crippen LogP) is 3.68. The molecule has 2 fully saturated rings. The van der Waals surface area contributed by atoms with Crippen LogP contribution in [0.3, 0.4) is 0 Å². The summed E-state index contributed by atoms with van der Waals surface area (Å²) in [4.78, 5) is 2.63. The lowest BCUT2D eigenvalue weighted by atomic mass is 9.98. The molecule has 0 radical (unpaired) electrons. The molecule has 1 N–H and O–H groups in total.